The van der Waals surface area contributed by atoms with Crippen LogP contribution in [0.25, 0.3) is 0 Å². The van der Waals surface area contributed by atoms with Crippen LogP contribution >= 0.6 is 0 Å². The Hall–Kier alpha value is -2.89. The minimum absolute atomic E-state index is 0.0781. The third kappa shape index (κ3) is 4.54. The van der Waals surface area contributed by atoms with E-state index in [1.807, 2.05) is 32.0 Å². The monoisotopic (exact) mass is 314 g/mol. The lowest BCUT2D eigenvalue weighted by molar-refractivity contribution is -0.384. The van der Waals surface area contributed by atoms with Gasteiger partial charge < -0.3 is 10.1 Å². The summed E-state index contributed by atoms with van der Waals surface area (Å²) < 4.78 is 5.64. The van der Waals surface area contributed by atoms with Crippen molar-refractivity contribution >= 4 is 17.3 Å². The predicted octanol–water partition coefficient (Wildman–Crippen LogP) is 3.62. The van der Waals surface area contributed by atoms with Crippen molar-refractivity contribution in [2.75, 3.05) is 5.32 Å². The van der Waals surface area contributed by atoms with Gasteiger partial charge in [0.05, 0.1) is 4.92 Å². The summed E-state index contributed by atoms with van der Waals surface area (Å²) in [6.45, 7) is 5.53. The Morgan fingerprint density at radius 1 is 1.17 bits per heavy atom. The molecule has 2 aromatic rings. The van der Waals surface area contributed by atoms with Gasteiger partial charge in [0.15, 0.2) is 6.10 Å². The maximum absolute atomic E-state index is 12.2. The topological polar surface area (TPSA) is 81.5 Å². The number of nitrogens with one attached hydrogen (secondary N) is 1. The van der Waals surface area contributed by atoms with Crippen molar-refractivity contribution in [2.45, 2.75) is 26.9 Å². The number of aryl methyl sites for hydroxylation is 2. The fraction of sp³-hybridized carbons (Fsp3) is 0.235. The van der Waals surface area contributed by atoms with E-state index in [1.54, 1.807) is 13.0 Å². The molecule has 0 aromatic heterocycles. The number of benzene rings is 2. The minimum atomic E-state index is -0.726. The number of nitrogens with zero attached hydrogens (tertiary/aromatic N) is 1. The maximum Gasteiger partial charge on any atom is 0.271 e. The molecule has 1 atom stereocenters. The SMILES string of the molecule is Cc1cc(C)cc(O[C@H](C)C(=O)Nc2cccc([N+](=O)[O-])c2)c1. The largest absolute Gasteiger partial charge is 0.481 e. The third-order valence-electron chi connectivity index (χ3n) is 3.20. The number of nitro groups is 1. The fourth-order valence-electron chi connectivity index (χ4n) is 2.20. The Bertz CT molecular complexity index is 723. The standard InChI is InChI=1S/C17H18N2O4/c1-11-7-12(2)9-16(8-11)23-13(3)17(20)18-14-5-4-6-15(10-14)19(21)22/h4-10,13H,1-3H3,(H,18,20)/t13-/m1/s1. The van der Waals surface area contributed by atoms with Crippen LogP contribution in [-0.4, -0.2) is 16.9 Å². The van der Waals surface area contributed by atoms with Gasteiger partial charge in [0.25, 0.3) is 11.6 Å². The molecule has 0 fully saturated rings. The van der Waals surface area contributed by atoms with E-state index in [2.05, 4.69) is 5.32 Å². The molecule has 0 saturated heterocycles. The summed E-state index contributed by atoms with van der Waals surface area (Å²) in [5.74, 6) is 0.244. The van der Waals surface area contributed by atoms with Crippen LogP contribution in [0.1, 0.15) is 18.1 Å². The molecule has 0 radical (unpaired) electrons. The first-order valence-electron chi connectivity index (χ1n) is 7.15. The van der Waals surface area contributed by atoms with Crippen molar-refractivity contribution in [1.82, 2.24) is 0 Å². The molecule has 0 spiro atoms. The lowest BCUT2D eigenvalue weighted by atomic mass is 10.1. The Morgan fingerprint density at radius 2 is 1.83 bits per heavy atom. The highest BCUT2D eigenvalue weighted by Gasteiger charge is 2.16. The molecule has 1 amide bonds. The van der Waals surface area contributed by atoms with Gasteiger partial charge in [-0.15, -0.1) is 0 Å². The van der Waals surface area contributed by atoms with Gasteiger partial charge in [-0.05, 0) is 50.1 Å². The van der Waals surface area contributed by atoms with Crippen LogP contribution in [0.15, 0.2) is 42.5 Å². The number of ether oxygens (including phenoxy) is 1. The quantitative estimate of drug-likeness (QED) is 0.675. The molecule has 0 aliphatic heterocycles. The maximum atomic E-state index is 12.2. The number of amides is 1. The van der Waals surface area contributed by atoms with E-state index in [-0.39, 0.29) is 11.6 Å². The fourth-order valence-corrected chi connectivity index (χ4v) is 2.20. The van der Waals surface area contributed by atoms with Gasteiger partial charge in [-0.25, -0.2) is 0 Å². The molecule has 6 nitrogen and oxygen atoms in total. The molecule has 2 rings (SSSR count). The van der Waals surface area contributed by atoms with Crippen LogP contribution in [0.5, 0.6) is 5.75 Å². The number of nitro benzene ring substituents is 1. The van der Waals surface area contributed by atoms with Crippen LogP contribution in [0.4, 0.5) is 11.4 Å². The molecule has 0 unspecified atom stereocenters. The van der Waals surface area contributed by atoms with Gasteiger partial charge >= 0.3 is 0 Å². The third-order valence-corrected chi connectivity index (χ3v) is 3.20. The summed E-state index contributed by atoms with van der Waals surface area (Å²) in [4.78, 5) is 22.4. The molecule has 120 valence electrons. The number of non-ortho nitro benzene ring substituents is 1. The van der Waals surface area contributed by atoms with Crippen molar-refractivity contribution < 1.29 is 14.5 Å². The molecule has 0 bridgehead atoms. The molecule has 2 aromatic carbocycles. The molecule has 0 heterocycles. The zero-order valence-corrected chi connectivity index (χ0v) is 13.2. The first kappa shape index (κ1) is 16.5. The number of carbonyl (C=O) groups is 1. The Balaban J connectivity index is 2.05. The van der Waals surface area contributed by atoms with E-state index in [4.69, 9.17) is 4.74 Å². The van der Waals surface area contributed by atoms with Gasteiger partial charge in [-0.2, -0.15) is 0 Å². The second kappa shape index (κ2) is 6.91. The molecule has 23 heavy (non-hydrogen) atoms. The zero-order chi connectivity index (χ0) is 17.0. The molecule has 1 N–H and O–H groups in total. The number of hydrogen-bond donors (Lipinski definition) is 1. The van der Waals surface area contributed by atoms with Crippen molar-refractivity contribution in [1.29, 1.82) is 0 Å². The van der Waals surface area contributed by atoms with Crippen molar-refractivity contribution in [3.8, 4) is 5.75 Å². The van der Waals surface area contributed by atoms with Gasteiger partial charge in [-0.3, -0.25) is 14.9 Å². The van der Waals surface area contributed by atoms with E-state index in [1.165, 1.54) is 18.2 Å². The van der Waals surface area contributed by atoms with Crippen LogP contribution in [-0.2, 0) is 4.79 Å². The molecular weight excluding hydrogens is 296 g/mol. The number of anilines is 1. The molecule has 0 aliphatic rings. The van der Waals surface area contributed by atoms with Crippen molar-refractivity contribution in [3.63, 3.8) is 0 Å². The summed E-state index contributed by atoms with van der Waals surface area (Å²) in [5.41, 5.74) is 2.38. The van der Waals surface area contributed by atoms with Gasteiger partial charge in [0.1, 0.15) is 5.75 Å². The summed E-state index contributed by atoms with van der Waals surface area (Å²) in [6, 6.07) is 11.5. The van der Waals surface area contributed by atoms with E-state index >= 15 is 0 Å². The average Bonchev–Trinajstić information content (AvgIpc) is 2.46. The van der Waals surface area contributed by atoms with E-state index in [0.29, 0.717) is 11.4 Å². The van der Waals surface area contributed by atoms with Crippen molar-refractivity contribution in [2.24, 2.45) is 0 Å². The lowest BCUT2D eigenvalue weighted by Gasteiger charge is -2.15. The first-order chi connectivity index (χ1) is 10.8. The summed E-state index contributed by atoms with van der Waals surface area (Å²) in [6.07, 6.45) is -0.726. The smallest absolute Gasteiger partial charge is 0.271 e. The molecule has 0 saturated carbocycles. The average molecular weight is 314 g/mol. The highest BCUT2D eigenvalue weighted by molar-refractivity contribution is 5.94. The van der Waals surface area contributed by atoms with Crippen LogP contribution in [0.3, 0.4) is 0 Å². The van der Waals surface area contributed by atoms with Gasteiger partial charge in [0, 0.05) is 17.8 Å². The molecule has 0 aliphatic carbocycles. The normalized spacial score (nSPS) is 11.6. The summed E-state index contributed by atoms with van der Waals surface area (Å²) in [7, 11) is 0. The number of hydrogen-bond acceptors (Lipinski definition) is 4. The molecular formula is C17H18N2O4. The van der Waals surface area contributed by atoms with Crippen LogP contribution in [0.2, 0.25) is 0 Å². The molecule has 6 heteroatoms. The second-order valence-electron chi connectivity index (χ2n) is 5.38. The highest BCUT2D eigenvalue weighted by atomic mass is 16.6. The van der Waals surface area contributed by atoms with Crippen LogP contribution < -0.4 is 10.1 Å². The van der Waals surface area contributed by atoms with Crippen LogP contribution in [0, 0.1) is 24.0 Å². The second-order valence-corrected chi connectivity index (χ2v) is 5.38. The first-order valence-corrected chi connectivity index (χ1v) is 7.15. The van der Waals surface area contributed by atoms with Gasteiger partial charge in [-0.1, -0.05) is 12.1 Å². The van der Waals surface area contributed by atoms with E-state index in [0.717, 1.165) is 11.1 Å². The number of rotatable bonds is 5. The summed E-state index contributed by atoms with van der Waals surface area (Å²) >= 11 is 0. The number of carbonyl (C=O) groups excluding carboxylic acids is 1. The van der Waals surface area contributed by atoms with Gasteiger partial charge in [0.2, 0.25) is 0 Å². The lowest BCUT2D eigenvalue weighted by Crippen LogP contribution is -2.30. The van der Waals surface area contributed by atoms with E-state index in [9.17, 15) is 14.9 Å². The Kier molecular flexibility index (Phi) is 4.95. The van der Waals surface area contributed by atoms with Crippen molar-refractivity contribution in [3.05, 3.63) is 63.7 Å². The minimum Gasteiger partial charge on any atom is -0.481 e. The Labute approximate surface area is 134 Å². The Morgan fingerprint density at radius 3 is 2.43 bits per heavy atom. The summed E-state index contributed by atoms with van der Waals surface area (Å²) in [5, 5.41) is 13.4. The predicted molar refractivity (Wildman–Crippen MR) is 87.7 cm³/mol. The van der Waals surface area contributed by atoms with E-state index < -0.39 is 11.0 Å². The zero-order valence-electron chi connectivity index (χ0n) is 13.2. The highest BCUT2D eigenvalue weighted by Crippen LogP contribution is 2.20.